The number of aliphatic carboxylic acids is 1. The van der Waals surface area contributed by atoms with E-state index < -0.39 is 17.0 Å². The predicted molar refractivity (Wildman–Crippen MR) is 57.9 cm³/mol. The molecule has 1 aliphatic heterocycles. The van der Waals surface area contributed by atoms with Crippen LogP contribution in [0, 0.1) is 5.41 Å². The van der Waals surface area contributed by atoms with Crippen molar-refractivity contribution in [1.82, 2.24) is 4.90 Å². The molecule has 0 spiro atoms. The van der Waals surface area contributed by atoms with Gasteiger partial charge in [-0.15, -0.1) is 0 Å². The maximum Gasteiger partial charge on any atom is 0.312 e. The van der Waals surface area contributed by atoms with Crippen LogP contribution in [0.1, 0.15) is 33.6 Å². The molecule has 0 unspecified atom stereocenters. The van der Waals surface area contributed by atoms with Crippen LogP contribution in [0.4, 0.5) is 0 Å². The fourth-order valence-corrected chi connectivity index (χ4v) is 2.02. The molecular formula is C11H19NO4. The average molecular weight is 229 g/mol. The second-order valence-electron chi connectivity index (χ2n) is 4.97. The third-order valence-corrected chi connectivity index (χ3v) is 3.73. The first-order chi connectivity index (χ1) is 7.21. The fourth-order valence-electron chi connectivity index (χ4n) is 2.02. The Morgan fingerprint density at radius 2 is 1.69 bits per heavy atom. The minimum atomic E-state index is -1.23. The van der Waals surface area contributed by atoms with Crippen molar-refractivity contribution < 1.29 is 19.8 Å². The Morgan fingerprint density at radius 3 is 2.00 bits per heavy atom. The molecule has 1 aliphatic rings. The van der Waals surface area contributed by atoms with E-state index in [1.807, 2.05) is 0 Å². The minimum Gasteiger partial charge on any atom is -0.481 e. The highest BCUT2D eigenvalue weighted by Crippen LogP contribution is 2.39. The lowest BCUT2D eigenvalue weighted by molar-refractivity contribution is -0.172. The highest BCUT2D eigenvalue weighted by Gasteiger charge is 2.50. The Hall–Kier alpha value is -1.10. The first-order valence-corrected chi connectivity index (χ1v) is 5.42. The molecule has 0 aliphatic carbocycles. The summed E-state index contributed by atoms with van der Waals surface area (Å²) in [6.45, 7) is 5.37. The van der Waals surface area contributed by atoms with Crippen molar-refractivity contribution in [2.24, 2.45) is 5.41 Å². The summed E-state index contributed by atoms with van der Waals surface area (Å²) in [5, 5.41) is 19.4. The van der Waals surface area contributed by atoms with Gasteiger partial charge in [0.1, 0.15) is 0 Å². The molecule has 92 valence electrons. The molecular weight excluding hydrogens is 210 g/mol. The second-order valence-corrected chi connectivity index (χ2v) is 4.97. The second kappa shape index (κ2) is 4.05. The van der Waals surface area contributed by atoms with Crippen LogP contribution < -0.4 is 0 Å². The Labute approximate surface area is 95.1 Å². The lowest BCUT2D eigenvalue weighted by Gasteiger charge is -2.45. The van der Waals surface area contributed by atoms with Gasteiger partial charge in [0.25, 0.3) is 0 Å². The number of rotatable bonds is 2. The number of carbonyl (C=O) groups is 2. The van der Waals surface area contributed by atoms with E-state index in [9.17, 15) is 14.7 Å². The van der Waals surface area contributed by atoms with Crippen LogP contribution in [0.15, 0.2) is 0 Å². The number of hydrogen-bond donors (Lipinski definition) is 2. The summed E-state index contributed by atoms with van der Waals surface area (Å²) in [5.41, 5.74) is -2.42. The lowest BCUT2D eigenvalue weighted by Crippen LogP contribution is -2.56. The van der Waals surface area contributed by atoms with E-state index in [-0.39, 0.29) is 5.91 Å². The maximum atomic E-state index is 11.1. The third kappa shape index (κ3) is 2.04. The molecule has 1 saturated heterocycles. The molecule has 1 heterocycles. The van der Waals surface area contributed by atoms with Crippen molar-refractivity contribution in [1.29, 1.82) is 0 Å². The molecule has 2 N–H and O–H groups in total. The molecule has 16 heavy (non-hydrogen) atoms. The summed E-state index contributed by atoms with van der Waals surface area (Å²) in [7, 11) is 0. The van der Waals surface area contributed by atoms with Crippen molar-refractivity contribution in [3.63, 3.8) is 0 Å². The van der Waals surface area contributed by atoms with E-state index in [1.165, 1.54) is 20.8 Å². The van der Waals surface area contributed by atoms with Gasteiger partial charge in [-0.05, 0) is 26.7 Å². The van der Waals surface area contributed by atoms with Gasteiger partial charge < -0.3 is 15.1 Å². The van der Waals surface area contributed by atoms with Crippen LogP contribution >= 0.6 is 0 Å². The van der Waals surface area contributed by atoms with Crippen molar-refractivity contribution in [3.8, 4) is 0 Å². The molecule has 1 rings (SSSR count). The van der Waals surface area contributed by atoms with Crippen LogP contribution in [0.2, 0.25) is 0 Å². The van der Waals surface area contributed by atoms with E-state index in [1.54, 1.807) is 4.90 Å². The SMILES string of the molecule is CC(=O)N1CCC(O)(C(C)(C)C(=O)O)CC1. The summed E-state index contributed by atoms with van der Waals surface area (Å²) in [4.78, 5) is 23.9. The number of hydrogen-bond acceptors (Lipinski definition) is 3. The standard InChI is InChI=1S/C11H19NO4/c1-8(13)12-6-4-11(16,5-7-12)10(2,3)9(14)15/h16H,4-7H2,1-3H3,(H,14,15). The number of piperidine rings is 1. The summed E-state index contributed by atoms with van der Waals surface area (Å²) in [6, 6.07) is 0. The van der Waals surface area contributed by atoms with E-state index in [0.29, 0.717) is 25.9 Å². The number of carboxylic acids is 1. The summed E-state index contributed by atoms with van der Waals surface area (Å²) >= 11 is 0. The molecule has 5 nitrogen and oxygen atoms in total. The zero-order chi connectivity index (χ0) is 12.6. The minimum absolute atomic E-state index is 0.0322. The highest BCUT2D eigenvalue weighted by molar-refractivity contribution is 5.76. The van der Waals surface area contributed by atoms with Crippen LogP contribution in [-0.2, 0) is 9.59 Å². The van der Waals surface area contributed by atoms with Crippen LogP contribution in [0.25, 0.3) is 0 Å². The van der Waals surface area contributed by atoms with Gasteiger partial charge >= 0.3 is 5.97 Å². The van der Waals surface area contributed by atoms with Gasteiger partial charge in [0.15, 0.2) is 0 Å². The number of carbonyl (C=O) groups excluding carboxylic acids is 1. The largest absolute Gasteiger partial charge is 0.481 e. The van der Waals surface area contributed by atoms with Crippen LogP contribution in [-0.4, -0.2) is 45.7 Å². The topological polar surface area (TPSA) is 77.8 Å². The molecule has 0 bridgehead atoms. The van der Waals surface area contributed by atoms with Gasteiger partial charge in [-0.3, -0.25) is 9.59 Å². The van der Waals surface area contributed by atoms with E-state index in [4.69, 9.17) is 5.11 Å². The molecule has 1 amide bonds. The van der Waals surface area contributed by atoms with Gasteiger partial charge in [-0.1, -0.05) is 0 Å². The summed E-state index contributed by atoms with van der Waals surface area (Å²) < 4.78 is 0. The van der Waals surface area contributed by atoms with Gasteiger partial charge in [0.2, 0.25) is 5.91 Å². The van der Waals surface area contributed by atoms with Gasteiger partial charge in [0, 0.05) is 20.0 Å². The number of amides is 1. The number of aliphatic hydroxyl groups is 1. The Balaban J connectivity index is 2.77. The van der Waals surface area contributed by atoms with Crippen molar-refractivity contribution >= 4 is 11.9 Å². The normalized spacial score (nSPS) is 20.6. The Kier molecular flexibility index (Phi) is 3.28. The fraction of sp³-hybridized carbons (Fsp3) is 0.818. The zero-order valence-electron chi connectivity index (χ0n) is 9.99. The smallest absolute Gasteiger partial charge is 0.312 e. The van der Waals surface area contributed by atoms with Gasteiger partial charge in [-0.2, -0.15) is 0 Å². The molecule has 0 atom stereocenters. The molecule has 0 aromatic carbocycles. The highest BCUT2D eigenvalue weighted by atomic mass is 16.4. The van der Waals surface area contributed by atoms with Crippen LogP contribution in [0.3, 0.4) is 0 Å². The molecule has 5 heteroatoms. The Bertz CT molecular complexity index is 303. The third-order valence-electron chi connectivity index (χ3n) is 3.73. The molecule has 0 radical (unpaired) electrons. The number of likely N-dealkylation sites (tertiary alicyclic amines) is 1. The monoisotopic (exact) mass is 229 g/mol. The van der Waals surface area contributed by atoms with Crippen molar-refractivity contribution in [2.75, 3.05) is 13.1 Å². The van der Waals surface area contributed by atoms with E-state index >= 15 is 0 Å². The molecule has 0 aromatic heterocycles. The first kappa shape index (κ1) is 13.0. The average Bonchev–Trinajstić information content (AvgIpc) is 2.17. The van der Waals surface area contributed by atoms with Crippen molar-refractivity contribution in [3.05, 3.63) is 0 Å². The first-order valence-electron chi connectivity index (χ1n) is 5.42. The maximum absolute atomic E-state index is 11.1. The quantitative estimate of drug-likeness (QED) is 0.721. The van der Waals surface area contributed by atoms with E-state index in [0.717, 1.165) is 0 Å². The predicted octanol–water partition coefficient (Wildman–Crippen LogP) is 0.471. The van der Waals surface area contributed by atoms with E-state index in [2.05, 4.69) is 0 Å². The van der Waals surface area contributed by atoms with Crippen molar-refractivity contribution in [2.45, 2.75) is 39.2 Å². The zero-order valence-corrected chi connectivity index (χ0v) is 9.99. The molecule has 1 fully saturated rings. The number of carboxylic acid groups (broad SMARTS) is 1. The lowest BCUT2D eigenvalue weighted by atomic mass is 9.69. The molecule has 0 saturated carbocycles. The van der Waals surface area contributed by atoms with Gasteiger partial charge in [-0.25, -0.2) is 0 Å². The van der Waals surface area contributed by atoms with Crippen LogP contribution in [0.5, 0.6) is 0 Å². The number of nitrogens with zero attached hydrogens (tertiary/aromatic N) is 1. The summed E-state index contributed by atoms with van der Waals surface area (Å²) in [5.74, 6) is -1.04. The summed E-state index contributed by atoms with van der Waals surface area (Å²) in [6.07, 6.45) is 0.623. The molecule has 0 aromatic rings. The Morgan fingerprint density at radius 1 is 1.25 bits per heavy atom. The van der Waals surface area contributed by atoms with Gasteiger partial charge in [0.05, 0.1) is 11.0 Å².